The number of nitro groups is 1. The van der Waals surface area contributed by atoms with Crippen LogP contribution in [0.15, 0.2) is 66.0 Å². The van der Waals surface area contributed by atoms with Gasteiger partial charge in [-0.15, -0.1) is 11.3 Å². The fourth-order valence-corrected chi connectivity index (χ4v) is 4.76. The number of anilines is 1. The molecule has 0 fully saturated rings. The van der Waals surface area contributed by atoms with Crippen molar-refractivity contribution in [2.75, 3.05) is 11.1 Å². The van der Waals surface area contributed by atoms with Crippen molar-refractivity contribution in [2.24, 2.45) is 0 Å². The van der Waals surface area contributed by atoms with E-state index in [4.69, 9.17) is 0 Å². The van der Waals surface area contributed by atoms with Crippen molar-refractivity contribution in [3.05, 3.63) is 76.6 Å². The minimum atomic E-state index is -0.459. The molecule has 0 aliphatic heterocycles. The Hall–Kier alpha value is -3.30. The van der Waals surface area contributed by atoms with Crippen LogP contribution >= 0.6 is 23.1 Å². The second-order valence-electron chi connectivity index (χ2n) is 6.47. The number of aryl methyl sites for hydroxylation is 1. The van der Waals surface area contributed by atoms with E-state index >= 15 is 0 Å². The average molecular weight is 437 g/mol. The molecule has 4 aromatic rings. The third-order valence-electron chi connectivity index (χ3n) is 4.39. The number of fused-ring (bicyclic) bond motifs is 1. The summed E-state index contributed by atoms with van der Waals surface area (Å²) in [6.07, 6.45) is 1.51. The smallest absolute Gasteiger partial charge is 0.269 e. The molecule has 1 amide bonds. The van der Waals surface area contributed by atoms with Crippen LogP contribution in [0.4, 0.5) is 11.4 Å². The van der Waals surface area contributed by atoms with E-state index in [2.05, 4.69) is 21.4 Å². The molecule has 0 atom stereocenters. The van der Waals surface area contributed by atoms with E-state index in [1.54, 1.807) is 24.3 Å². The molecule has 7 nitrogen and oxygen atoms in total. The van der Waals surface area contributed by atoms with Crippen LogP contribution in [0.3, 0.4) is 0 Å². The Morgan fingerprint density at radius 1 is 1.17 bits per heavy atom. The summed E-state index contributed by atoms with van der Waals surface area (Å²) in [4.78, 5) is 33.5. The number of hydrogen-bond acceptors (Lipinski definition) is 7. The number of thiophene rings is 1. The number of non-ortho nitro benzene ring substituents is 1. The zero-order valence-electron chi connectivity index (χ0n) is 15.9. The Morgan fingerprint density at radius 2 is 1.97 bits per heavy atom. The highest BCUT2D eigenvalue weighted by atomic mass is 32.2. The molecule has 4 rings (SSSR count). The largest absolute Gasteiger partial charge is 0.325 e. The first kappa shape index (κ1) is 20.0. The Morgan fingerprint density at radius 3 is 2.70 bits per heavy atom. The fourth-order valence-electron chi connectivity index (χ4n) is 2.92. The van der Waals surface area contributed by atoms with Gasteiger partial charge < -0.3 is 5.32 Å². The van der Waals surface area contributed by atoms with Gasteiger partial charge in [0, 0.05) is 28.1 Å². The van der Waals surface area contributed by atoms with Gasteiger partial charge in [0.05, 0.1) is 10.7 Å². The van der Waals surface area contributed by atoms with Gasteiger partial charge in [0.1, 0.15) is 16.2 Å². The molecular formula is C21H16N4O3S2. The SMILES string of the molecule is Cc1cc([N+](=O)[O-])ccc1NC(=O)CSc1ncnc2sc(-c3ccccc3)cc12. The minimum absolute atomic E-state index is 0.00469. The predicted molar refractivity (Wildman–Crippen MR) is 120 cm³/mol. The normalized spacial score (nSPS) is 10.8. The van der Waals surface area contributed by atoms with Gasteiger partial charge in [0.15, 0.2) is 0 Å². The Labute approximate surface area is 180 Å². The number of carbonyl (C=O) groups excluding carboxylic acids is 1. The number of aromatic nitrogens is 2. The third kappa shape index (κ3) is 4.32. The van der Waals surface area contributed by atoms with Gasteiger partial charge in [-0.2, -0.15) is 0 Å². The molecular weight excluding hydrogens is 420 g/mol. The molecule has 0 saturated heterocycles. The van der Waals surface area contributed by atoms with Crippen LogP contribution in [0.2, 0.25) is 0 Å². The molecule has 2 heterocycles. The van der Waals surface area contributed by atoms with Crippen LogP contribution in [0.25, 0.3) is 20.7 Å². The van der Waals surface area contributed by atoms with Crippen LogP contribution in [0, 0.1) is 17.0 Å². The van der Waals surface area contributed by atoms with E-state index < -0.39 is 4.92 Å². The van der Waals surface area contributed by atoms with E-state index in [-0.39, 0.29) is 17.3 Å². The van der Waals surface area contributed by atoms with E-state index in [9.17, 15) is 14.9 Å². The average Bonchev–Trinajstić information content (AvgIpc) is 3.19. The number of benzene rings is 2. The highest BCUT2D eigenvalue weighted by molar-refractivity contribution is 8.00. The van der Waals surface area contributed by atoms with Gasteiger partial charge in [-0.25, -0.2) is 9.97 Å². The fraction of sp³-hybridized carbons (Fsp3) is 0.0952. The van der Waals surface area contributed by atoms with Crippen molar-refractivity contribution in [1.82, 2.24) is 9.97 Å². The van der Waals surface area contributed by atoms with E-state index in [1.165, 1.54) is 30.2 Å². The molecule has 0 aliphatic rings. The molecule has 0 spiro atoms. The number of nitrogens with one attached hydrogen (secondary N) is 1. The second kappa shape index (κ2) is 8.60. The summed E-state index contributed by atoms with van der Waals surface area (Å²) in [7, 11) is 0. The minimum Gasteiger partial charge on any atom is -0.325 e. The topological polar surface area (TPSA) is 98.0 Å². The summed E-state index contributed by atoms with van der Waals surface area (Å²) in [5, 5.41) is 15.3. The van der Waals surface area contributed by atoms with Crippen molar-refractivity contribution in [3.63, 3.8) is 0 Å². The number of hydrogen-bond donors (Lipinski definition) is 1. The van der Waals surface area contributed by atoms with Crippen LogP contribution in [0.1, 0.15) is 5.56 Å². The summed E-state index contributed by atoms with van der Waals surface area (Å²) in [5.41, 5.74) is 2.30. The summed E-state index contributed by atoms with van der Waals surface area (Å²) < 4.78 is 0. The van der Waals surface area contributed by atoms with E-state index in [0.29, 0.717) is 11.3 Å². The van der Waals surface area contributed by atoms with Crippen molar-refractivity contribution in [3.8, 4) is 10.4 Å². The number of amides is 1. The predicted octanol–water partition coefficient (Wildman–Crippen LogP) is 5.31. The number of carbonyl (C=O) groups is 1. The number of nitrogens with zero attached hydrogens (tertiary/aromatic N) is 3. The number of thioether (sulfide) groups is 1. The molecule has 9 heteroatoms. The molecule has 0 bridgehead atoms. The summed E-state index contributed by atoms with van der Waals surface area (Å²) in [6, 6.07) is 16.5. The van der Waals surface area contributed by atoms with Crippen molar-refractivity contribution >= 4 is 50.6 Å². The van der Waals surface area contributed by atoms with Gasteiger partial charge in [-0.05, 0) is 30.2 Å². The number of nitro benzene ring substituents is 1. The molecule has 30 heavy (non-hydrogen) atoms. The van der Waals surface area contributed by atoms with Gasteiger partial charge in [0.25, 0.3) is 5.69 Å². The summed E-state index contributed by atoms with van der Waals surface area (Å²) in [6.45, 7) is 1.72. The van der Waals surface area contributed by atoms with Crippen LogP contribution in [-0.2, 0) is 4.79 Å². The summed E-state index contributed by atoms with van der Waals surface area (Å²) >= 11 is 2.92. The Kier molecular flexibility index (Phi) is 5.73. The van der Waals surface area contributed by atoms with Crippen molar-refractivity contribution in [1.29, 1.82) is 0 Å². The quantitative estimate of drug-likeness (QED) is 0.190. The molecule has 0 saturated carbocycles. The van der Waals surface area contributed by atoms with Crippen molar-refractivity contribution < 1.29 is 9.72 Å². The van der Waals surface area contributed by atoms with Gasteiger partial charge >= 0.3 is 0 Å². The van der Waals surface area contributed by atoms with E-state index in [1.807, 2.05) is 30.3 Å². The lowest BCUT2D eigenvalue weighted by Gasteiger charge is -2.08. The zero-order chi connectivity index (χ0) is 21.1. The Bertz CT molecular complexity index is 1240. The lowest BCUT2D eigenvalue weighted by molar-refractivity contribution is -0.384. The van der Waals surface area contributed by atoms with E-state index in [0.717, 1.165) is 25.7 Å². The molecule has 1 N–H and O–H groups in total. The third-order valence-corrected chi connectivity index (χ3v) is 6.48. The molecule has 0 radical (unpaired) electrons. The molecule has 0 unspecified atom stereocenters. The lowest BCUT2D eigenvalue weighted by Crippen LogP contribution is -2.15. The monoisotopic (exact) mass is 436 g/mol. The standard InChI is InChI=1S/C21H16N4O3S2/c1-13-9-15(25(27)28)7-8-17(13)24-19(26)11-29-20-16-10-18(14-5-3-2-4-6-14)30-21(16)23-12-22-20/h2-10,12H,11H2,1H3,(H,24,26). The maximum absolute atomic E-state index is 12.4. The number of rotatable bonds is 6. The molecule has 2 aromatic carbocycles. The maximum Gasteiger partial charge on any atom is 0.269 e. The van der Waals surface area contributed by atoms with Crippen LogP contribution < -0.4 is 5.32 Å². The zero-order valence-corrected chi connectivity index (χ0v) is 17.5. The Balaban J connectivity index is 1.48. The molecule has 0 aliphatic carbocycles. The first-order chi connectivity index (χ1) is 14.5. The molecule has 150 valence electrons. The van der Waals surface area contributed by atoms with Gasteiger partial charge in [-0.1, -0.05) is 42.1 Å². The van der Waals surface area contributed by atoms with Gasteiger partial charge in [0.2, 0.25) is 5.91 Å². The summed E-state index contributed by atoms with van der Waals surface area (Å²) in [5.74, 6) is -0.0405. The maximum atomic E-state index is 12.4. The van der Waals surface area contributed by atoms with Crippen LogP contribution in [0.5, 0.6) is 0 Å². The van der Waals surface area contributed by atoms with Gasteiger partial charge in [-0.3, -0.25) is 14.9 Å². The first-order valence-corrected chi connectivity index (χ1v) is 10.8. The first-order valence-electron chi connectivity index (χ1n) is 8.99. The second-order valence-corrected chi connectivity index (χ2v) is 8.46. The van der Waals surface area contributed by atoms with Crippen molar-refractivity contribution in [2.45, 2.75) is 11.9 Å². The lowest BCUT2D eigenvalue weighted by atomic mass is 10.2. The van der Waals surface area contributed by atoms with Crippen LogP contribution in [-0.4, -0.2) is 26.6 Å². The highest BCUT2D eigenvalue weighted by Crippen LogP contribution is 2.36. The highest BCUT2D eigenvalue weighted by Gasteiger charge is 2.14. The molecule has 2 aromatic heterocycles.